The van der Waals surface area contributed by atoms with Gasteiger partial charge in [-0.1, -0.05) is 18.2 Å². The number of carbonyl (C=O) groups excluding carboxylic acids is 2. The van der Waals surface area contributed by atoms with Crippen LogP contribution in [0.25, 0.3) is 0 Å². The molecule has 0 radical (unpaired) electrons. The Balaban J connectivity index is 2.15. The number of amides is 2. The van der Waals surface area contributed by atoms with Crippen LogP contribution in [0.2, 0.25) is 5.02 Å². The fraction of sp³-hybridized carbons (Fsp3) is 0.231. The molecule has 1 fully saturated rings. The van der Waals surface area contributed by atoms with Crippen LogP contribution < -0.4 is 10.2 Å². The van der Waals surface area contributed by atoms with Crippen molar-refractivity contribution in [3.8, 4) is 0 Å². The zero-order valence-electron chi connectivity index (χ0n) is 10.0. The lowest BCUT2D eigenvalue weighted by molar-refractivity contribution is -0.123. The number of nitrogens with zero attached hydrogens (tertiary/aromatic N) is 1. The second-order valence-corrected chi connectivity index (χ2v) is 4.55. The van der Waals surface area contributed by atoms with E-state index in [0.29, 0.717) is 18.7 Å². The smallest absolute Gasteiger partial charge is 0.249 e. The molecule has 2 amide bonds. The van der Waals surface area contributed by atoms with Gasteiger partial charge in [-0.05, 0) is 30.7 Å². The lowest BCUT2D eigenvalue weighted by Crippen LogP contribution is -2.40. The molecule has 1 N–H and O–H groups in total. The summed E-state index contributed by atoms with van der Waals surface area (Å²) in [4.78, 5) is 24.7. The third-order valence-electron chi connectivity index (χ3n) is 2.92. The molecule has 0 aliphatic carbocycles. The summed E-state index contributed by atoms with van der Waals surface area (Å²) in [5, 5.41) is 2.54. The van der Waals surface area contributed by atoms with Gasteiger partial charge < -0.3 is 10.2 Å². The number of benzene rings is 1. The summed E-state index contributed by atoms with van der Waals surface area (Å²) in [5.74, 6) is -1.25. The first-order valence-corrected chi connectivity index (χ1v) is 6.10. The number of nitrogens with one attached hydrogen (secondary N) is 1. The minimum Gasteiger partial charge on any atom is -0.341 e. The van der Waals surface area contributed by atoms with Crippen molar-refractivity contribution in [3.05, 3.63) is 41.7 Å². The Bertz CT molecular complexity index is 547. The van der Waals surface area contributed by atoms with E-state index in [0.717, 1.165) is 6.08 Å². The maximum atomic E-state index is 13.4. The molecule has 1 atom stereocenters. The molecule has 2 rings (SSSR count). The molecule has 4 nitrogen and oxygen atoms in total. The average Bonchev–Trinajstić information content (AvgIpc) is 2.74. The van der Waals surface area contributed by atoms with Crippen LogP contribution in [0.15, 0.2) is 30.9 Å². The summed E-state index contributed by atoms with van der Waals surface area (Å²) in [6.07, 6.45) is 1.58. The molecule has 1 aromatic carbocycles. The van der Waals surface area contributed by atoms with Gasteiger partial charge in [-0.25, -0.2) is 4.39 Å². The summed E-state index contributed by atoms with van der Waals surface area (Å²) >= 11 is 5.59. The zero-order valence-corrected chi connectivity index (χ0v) is 10.8. The number of anilines is 1. The van der Waals surface area contributed by atoms with Crippen LogP contribution >= 0.6 is 11.6 Å². The van der Waals surface area contributed by atoms with Crippen molar-refractivity contribution in [3.63, 3.8) is 0 Å². The van der Waals surface area contributed by atoms with Crippen LogP contribution in [-0.2, 0) is 9.59 Å². The molecule has 0 aromatic heterocycles. The highest BCUT2D eigenvalue weighted by Crippen LogP contribution is 2.25. The van der Waals surface area contributed by atoms with Gasteiger partial charge in [-0.3, -0.25) is 9.59 Å². The summed E-state index contributed by atoms with van der Waals surface area (Å²) in [6, 6.07) is 3.58. The van der Waals surface area contributed by atoms with E-state index in [1.807, 2.05) is 0 Å². The molecule has 1 heterocycles. The van der Waals surface area contributed by atoms with Gasteiger partial charge in [0.1, 0.15) is 11.9 Å². The van der Waals surface area contributed by atoms with Crippen LogP contribution in [-0.4, -0.2) is 24.4 Å². The second-order valence-electron chi connectivity index (χ2n) is 4.14. The van der Waals surface area contributed by atoms with E-state index in [-0.39, 0.29) is 10.9 Å². The van der Waals surface area contributed by atoms with Gasteiger partial charge in [-0.15, -0.1) is 0 Å². The Kier molecular flexibility index (Phi) is 3.85. The molecule has 1 aliphatic heterocycles. The van der Waals surface area contributed by atoms with Crippen molar-refractivity contribution in [1.82, 2.24) is 5.32 Å². The number of carbonyl (C=O) groups is 2. The van der Waals surface area contributed by atoms with Crippen LogP contribution in [0.3, 0.4) is 0 Å². The van der Waals surface area contributed by atoms with Gasteiger partial charge in [0.05, 0.1) is 5.02 Å². The molecule has 0 bridgehead atoms. The first-order chi connectivity index (χ1) is 9.02. The maximum Gasteiger partial charge on any atom is 0.249 e. The van der Waals surface area contributed by atoms with Gasteiger partial charge in [-0.2, -0.15) is 0 Å². The third kappa shape index (κ3) is 2.76. The summed E-state index contributed by atoms with van der Waals surface area (Å²) in [6.45, 7) is 3.74. The largest absolute Gasteiger partial charge is 0.341 e. The molecule has 6 heteroatoms. The van der Waals surface area contributed by atoms with E-state index in [9.17, 15) is 14.0 Å². The van der Waals surface area contributed by atoms with E-state index >= 15 is 0 Å². The Morgan fingerprint density at radius 1 is 1.58 bits per heavy atom. The summed E-state index contributed by atoms with van der Waals surface area (Å²) in [7, 11) is 0. The van der Waals surface area contributed by atoms with Gasteiger partial charge in [0.2, 0.25) is 11.8 Å². The van der Waals surface area contributed by atoms with E-state index < -0.39 is 17.8 Å². The molecular weight excluding hydrogens is 271 g/mol. The third-order valence-corrected chi connectivity index (χ3v) is 3.23. The van der Waals surface area contributed by atoms with Gasteiger partial charge in [0.15, 0.2) is 0 Å². The predicted octanol–water partition coefficient (Wildman–Crippen LogP) is 1.89. The van der Waals surface area contributed by atoms with Crippen molar-refractivity contribution >= 4 is 29.1 Å². The molecule has 19 heavy (non-hydrogen) atoms. The lowest BCUT2D eigenvalue weighted by atomic mass is 10.2. The van der Waals surface area contributed by atoms with Crippen molar-refractivity contribution in [2.75, 3.05) is 11.4 Å². The molecule has 1 saturated heterocycles. The molecular formula is C13H12ClFN2O2. The monoisotopic (exact) mass is 282 g/mol. The summed E-state index contributed by atoms with van der Waals surface area (Å²) < 4.78 is 13.4. The molecule has 1 aliphatic rings. The van der Waals surface area contributed by atoms with Crippen molar-refractivity contribution in [1.29, 1.82) is 0 Å². The van der Waals surface area contributed by atoms with E-state index in [1.165, 1.54) is 17.0 Å². The van der Waals surface area contributed by atoms with Crippen LogP contribution in [0.5, 0.6) is 0 Å². The van der Waals surface area contributed by atoms with Crippen LogP contribution in [0.4, 0.5) is 10.1 Å². The number of hydrogen-bond donors (Lipinski definition) is 1. The van der Waals surface area contributed by atoms with E-state index in [2.05, 4.69) is 11.9 Å². The second kappa shape index (κ2) is 5.40. The Labute approximate surface area is 114 Å². The molecule has 1 aromatic rings. The van der Waals surface area contributed by atoms with Crippen molar-refractivity contribution < 1.29 is 14.0 Å². The summed E-state index contributed by atoms with van der Waals surface area (Å²) in [5.41, 5.74) is 0.433. The lowest BCUT2D eigenvalue weighted by Gasteiger charge is -2.17. The number of halogens is 2. The highest BCUT2D eigenvalue weighted by Gasteiger charge is 2.33. The van der Waals surface area contributed by atoms with E-state index in [4.69, 9.17) is 11.6 Å². The van der Waals surface area contributed by atoms with Crippen molar-refractivity contribution in [2.24, 2.45) is 0 Å². The molecule has 0 saturated carbocycles. The predicted molar refractivity (Wildman–Crippen MR) is 70.5 cm³/mol. The first-order valence-electron chi connectivity index (χ1n) is 5.72. The minimum absolute atomic E-state index is 0.00639. The Morgan fingerprint density at radius 3 is 2.95 bits per heavy atom. The van der Waals surface area contributed by atoms with Crippen LogP contribution in [0.1, 0.15) is 6.42 Å². The van der Waals surface area contributed by atoms with Gasteiger partial charge in [0, 0.05) is 12.2 Å². The quantitative estimate of drug-likeness (QED) is 0.861. The Morgan fingerprint density at radius 2 is 2.32 bits per heavy atom. The van der Waals surface area contributed by atoms with Crippen LogP contribution in [0, 0.1) is 5.82 Å². The number of hydrogen-bond acceptors (Lipinski definition) is 2. The topological polar surface area (TPSA) is 49.4 Å². The standard InChI is InChI=1S/C13H12ClFN2O2/c1-2-12(18)16-11-5-6-17(13(11)19)8-3-4-9(14)10(15)7-8/h2-4,7,11H,1,5-6H2,(H,16,18). The maximum absolute atomic E-state index is 13.4. The molecule has 100 valence electrons. The fourth-order valence-corrected chi connectivity index (χ4v) is 2.07. The van der Waals surface area contributed by atoms with Gasteiger partial charge >= 0.3 is 0 Å². The average molecular weight is 283 g/mol. The minimum atomic E-state index is -0.593. The Hall–Kier alpha value is -1.88. The molecule has 1 unspecified atom stereocenters. The zero-order chi connectivity index (χ0) is 14.0. The normalized spacial score (nSPS) is 18.5. The highest BCUT2D eigenvalue weighted by atomic mass is 35.5. The number of rotatable bonds is 3. The first kappa shape index (κ1) is 13.5. The highest BCUT2D eigenvalue weighted by molar-refractivity contribution is 6.30. The molecule has 0 spiro atoms. The van der Waals surface area contributed by atoms with Crippen molar-refractivity contribution in [2.45, 2.75) is 12.5 Å². The van der Waals surface area contributed by atoms with E-state index in [1.54, 1.807) is 6.07 Å². The van der Waals surface area contributed by atoms with Gasteiger partial charge in [0.25, 0.3) is 0 Å². The SMILES string of the molecule is C=CC(=O)NC1CCN(c2ccc(Cl)c(F)c2)C1=O. The fourth-order valence-electron chi connectivity index (χ4n) is 1.95.